The first-order valence-corrected chi connectivity index (χ1v) is 7.80. The third-order valence-corrected chi connectivity index (χ3v) is 5.25. The second-order valence-electron chi connectivity index (χ2n) is 6.62. The van der Waals surface area contributed by atoms with Crippen molar-refractivity contribution in [2.45, 2.75) is 64.0 Å². The van der Waals surface area contributed by atoms with Crippen LogP contribution in [0.5, 0.6) is 0 Å². The van der Waals surface area contributed by atoms with Crippen molar-refractivity contribution in [3.05, 3.63) is 0 Å². The molecule has 2 saturated carbocycles. The zero-order valence-electron chi connectivity index (χ0n) is 11.3. The molecule has 0 bridgehead atoms. The van der Waals surface area contributed by atoms with Crippen molar-refractivity contribution >= 4 is 0 Å². The number of hydrogen-bond donors (Lipinski definition) is 1. The van der Waals surface area contributed by atoms with Crippen molar-refractivity contribution in [1.82, 2.24) is 10.2 Å². The molecule has 2 unspecified atom stereocenters. The van der Waals surface area contributed by atoms with Gasteiger partial charge in [-0.15, -0.1) is 0 Å². The van der Waals surface area contributed by atoms with Gasteiger partial charge in [-0.2, -0.15) is 0 Å². The number of hydrogen-bond acceptors (Lipinski definition) is 2. The normalized spacial score (nSPS) is 33.4. The van der Waals surface area contributed by atoms with Crippen molar-refractivity contribution in [2.75, 3.05) is 19.6 Å². The van der Waals surface area contributed by atoms with Crippen LogP contribution in [0.25, 0.3) is 0 Å². The van der Waals surface area contributed by atoms with Crippen molar-refractivity contribution < 1.29 is 0 Å². The summed E-state index contributed by atoms with van der Waals surface area (Å²) in [4.78, 5) is 2.75. The predicted octanol–water partition coefficient (Wildman–Crippen LogP) is 2.64. The summed E-state index contributed by atoms with van der Waals surface area (Å²) < 4.78 is 0. The fourth-order valence-corrected chi connectivity index (χ4v) is 3.45. The third kappa shape index (κ3) is 3.03. The summed E-state index contributed by atoms with van der Waals surface area (Å²) in [6, 6.07) is 1.63. The smallest absolute Gasteiger partial charge is 0.0195 e. The Bertz CT molecular complexity index is 245. The van der Waals surface area contributed by atoms with Crippen LogP contribution in [-0.4, -0.2) is 36.6 Å². The minimum absolute atomic E-state index is 0.783. The number of piperidine rings is 1. The van der Waals surface area contributed by atoms with Crippen LogP contribution in [0.2, 0.25) is 0 Å². The molecule has 1 aliphatic heterocycles. The molecular weight excluding hydrogens is 208 g/mol. The summed E-state index contributed by atoms with van der Waals surface area (Å²) in [5, 5.41) is 3.83. The molecule has 0 radical (unpaired) electrons. The van der Waals surface area contributed by atoms with Crippen molar-refractivity contribution in [1.29, 1.82) is 0 Å². The van der Waals surface area contributed by atoms with Gasteiger partial charge in [0.1, 0.15) is 0 Å². The molecule has 98 valence electrons. The van der Waals surface area contributed by atoms with Gasteiger partial charge >= 0.3 is 0 Å². The molecule has 0 aromatic carbocycles. The van der Waals surface area contributed by atoms with E-state index >= 15 is 0 Å². The Balaban J connectivity index is 1.41. The van der Waals surface area contributed by atoms with Gasteiger partial charge in [-0.05, 0) is 70.4 Å². The van der Waals surface area contributed by atoms with Crippen LogP contribution in [0, 0.1) is 11.8 Å². The van der Waals surface area contributed by atoms with Crippen LogP contribution >= 0.6 is 0 Å². The molecule has 0 aromatic heterocycles. The first kappa shape index (κ1) is 12.0. The zero-order chi connectivity index (χ0) is 11.7. The lowest BCUT2D eigenvalue weighted by Crippen LogP contribution is -2.50. The van der Waals surface area contributed by atoms with Crippen LogP contribution in [-0.2, 0) is 0 Å². The fourth-order valence-electron chi connectivity index (χ4n) is 3.45. The number of rotatable bonds is 5. The molecule has 17 heavy (non-hydrogen) atoms. The Morgan fingerprint density at radius 3 is 2.59 bits per heavy atom. The topological polar surface area (TPSA) is 15.3 Å². The summed E-state index contributed by atoms with van der Waals surface area (Å²) in [6.45, 7) is 6.39. The molecule has 0 spiro atoms. The van der Waals surface area contributed by atoms with Gasteiger partial charge in [-0.1, -0.05) is 6.42 Å². The first-order valence-electron chi connectivity index (χ1n) is 7.80. The van der Waals surface area contributed by atoms with Crippen LogP contribution in [0.4, 0.5) is 0 Å². The number of nitrogens with zero attached hydrogens (tertiary/aromatic N) is 1. The van der Waals surface area contributed by atoms with E-state index < -0.39 is 0 Å². The molecule has 0 aromatic rings. The van der Waals surface area contributed by atoms with Crippen LogP contribution in [0.1, 0.15) is 51.9 Å². The maximum atomic E-state index is 3.83. The molecule has 1 heterocycles. The van der Waals surface area contributed by atoms with E-state index in [0.717, 1.165) is 23.9 Å². The van der Waals surface area contributed by atoms with Gasteiger partial charge in [0.2, 0.25) is 0 Å². The molecule has 3 fully saturated rings. The van der Waals surface area contributed by atoms with Crippen molar-refractivity contribution in [3.63, 3.8) is 0 Å². The lowest BCUT2D eigenvalue weighted by atomic mass is 9.85. The predicted molar refractivity (Wildman–Crippen MR) is 72.1 cm³/mol. The Morgan fingerprint density at radius 2 is 1.94 bits per heavy atom. The molecular formula is C15H28N2. The van der Waals surface area contributed by atoms with Gasteiger partial charge in [0.15, 0.2) is 0 Å². The molecule has 3 rings (SSSR count). The highest BCUT2D eigenvalue weighted by atomic mass is 15.2. The van der Waals surface area contributed by atoms with Gasteiger partial charge in [0.05, 0.1) is 0 Å². The SMILES string of the molecule is CC(C1CC1)N1CCCC(NCC2CCC2)C1. The van der Waals surface area contributed by atoms with Gasteiger partial charge in [0, 0.05) is 18.6 Å². The van der Waals surface area contributed by atoms with Gasteiger partial charge in [-0.25, -0.2) is 0 Å². The molecule has 2 atom stereocenters. The van der Waals surface area contributed by atoms with Gasteiger partial charge in [0.25, 0.3) is 0 Å². The fraction of sp³-hybridized carbons (Fsp3) is 1.00. The van der Waals surface area contributed by atoms with E-state index in [1.54, 1.807) is 0 Å². The highest BCUT2D eigenvalue weighted by Crippen LogP contribution is 2.36. The summed E-state index contributed by atoms with van der Waals surface area (Å²) in [6.07, 6.45) is 10.2. The van der Waals surface area contributed by atoms with E-state index in [0.29, 0.717) is 0 Å². The molecule has 3 aliphatic rings. The van der Waals surface area contributed by atoms with Crippen molar-refractivity contribution in [3.8, 4) is 0 Å². The summed E-state index contributed by atoms with van der Waals surface area (Å²) >= 11 is 0. The molecule has 1 saturated heterocycles. The number of likely N-dealkylation sites (tertiary alicyclic amines) is 1. The summed E-state index contributed by atoms with van der Waals surface area (Å²) in [5.41, 5.74) is 0. The Labute approximate surface area is 106 Å². The minimum atomic E-state index is 0.783. The maximum Gasteiger partial charge on any atom is 0.0195 e. The van der Waals surface area contributed by atoms with Crippen LogP contribution in [0.15, 0.2) is 0 Å². The maximum absolute atomic E-state index is 3.83. The summed E-state index contributed by atoms with van der Waals surface area (Å²) in [5.74, 6) is 2.03. The molecule has 2 nitrogen and oxygen atoms in total. The monoisotopic (exact) mass is 236 g/mol. The second kappa shape index (κ2) is 5.27. The largest absolute Gasteiger partial charge is 0.312 e. The van der Waals surface area contributed by atoms with E-state index in [9.17, 15) is 0 Å². The zero-order valence-corrected chi connectivity index (χ0v) is 11.3. The second-order valence-corrected chi connectivity index (χ2v) is 6.62. The first-order chi connectivity index (χ1) is 8.33. The average Bonchev–Trinajstić information content (AvgIpc) is 3.10. The van der Waals surface area contributed by atoms with E-state index in [-0.39, 0.29) is 0 Å². The highest BCUT2D eigenvalue weighted by Gasteiger charge is 2.34. The lowest BCUT2D eigenvalue weighted by molar-refractivity contribution is 0.128. The summed E-state index contributed by atoms with van der Waals surface area (Å²) in [7, 11) is 0. The van der Waals surface area contributed by atoms with E-state index in [1.807, 2.05) is 0 Å². The van der Waals surface area contributed by atoms with E-state index in [1.165, 1.54) is 64.6 Å². The standard InChI is InChI=1S/C15H28N2/c1-12(14-7-8-14)17-9-3-6-15(11-17)16-10-13-4-2-5-13/h12-16H,2-11H2,1H3. The van der Waals surface area contributed by atoms with E-state index in [2.05, 4.69) is 17.1 Å². The Morgan fingerprint density at radius 1 is 1.12 bits per heavy atom. The quantitative estimate of drug-likeness (QED) is 0.789. The van der Waals surface area contributed by atoms with Gasteiger partial charge in [-0.3, -0.25) is 4.90 Å². The molecule has 1 N–H and O–H groups in total. The third-order valence-electron chi connectivity index (χ3n) is 5.25. The number of nitrogens with one attached hydrogen (secondary N) is 1. The molecule has 0 amide bonds. The van der Waals surface area contributed by atoms with Gasteiger partial charge < -0.3 is 5.32 Å². The molecule has 2 heteroatoms. The van der Waals surface area contributed by atoms with Crippen molar-refractivity contribution in [2.24, 2.45) is 11.8 Å². The average molecular weight is 236 g/mol. The Kier molecular flexibility index (Phi) is 3.72. The lowest BCUT2D eigenvalue weighted by Gasteiger charge is -2.38. The van der Waals surface area contributed by atoms with Crippen LogP contribution in [0.3, 0.4) is 0 Å². The Hall–Kier alpha value is -0.0800. The highest BCUT2D eigenvalue weighted by molar-refractivity contribution is 4.89. The van der Waals surface area contributed by atoms with E-state index in [4.69, 9.17) is 0 Å². The minimum Gasteiger partial charge on any atom is -0.312 e. The van der Waals surface area contributed by atoms with Crippen LogP contribution < -0.4 is 5.32 Å². The molecule has 2 aliphatic carbocycles.